The van der Waals surface area contributed by atoms with E-state index in [4.69, 9.17) is 4.74 Å². The number of alkyl halides is 3. The molecule has 7 heteroatoms. The number of ether oxygens (including phenoxy) is 1. The molecule has 23 heavy (non-hydrogen) atoms. The second-order valence-electron chi connectivity index (χ2n) is 7.27. The molecule has 1 N–H and O–H groups in total. The van der Waals surface area contributed by atoms with Crippen molar-refractivity contribution in [1.29, 1.82) is 0 Å². The van der Waals surface area contributed by atoms with Crippen molar-refractivity contribution in [1.82, 2.24) is 10.2 Å². The van der Waals surface area contributed by atoms with E-state index in [0.717, 1.165) is 12.8 Å². The van der Waals surface area contributed by atoms with E-state index in [1.54, 1.807) is 4.90 Å². The van der Waals surface area contributed by atoms with Crippen molar-refractivity contribution >= 4 is 6.09 Å². The lowest BCUT2D eigenvalue weighted by molar-refractivity contribution is -0.135. The van der Waals surface area contributed by atoms with Gasteiger partial charge in [0, 0.05) is 31.6 Å². The second kappa shape index (κ2) is 8.22. The highest BCUT2D eigenvalue weighted by Gasteiger charge is 2.34. The zero-order valence-corrected chi connectivity index (χ0v) is 14.5. The van der Waals surface area contributed by atoms with Gasteiger partial charge in [0.1, 0.15) is 5.60 Å². The van der Waals surface area contributed by atoms with Crippen molar-refractivity contribution in [2.45, 2.75) is 83.7 Å². The van der Waals surface area contributed by atoms with Gasteiger partial charge < -0.3 is 15.0 Å². The van der Waals surface area contributed by atoms with Crippen LogP contribution in [-0.2, 0) is 4.74 Å². The summed E-state index contributed by atoms with van der Waals surface area (Å²) in [5, 5.41) is 3.18. The van der Waals surface area contributed by atoms with E-state index in [0.29, 0.717) is 19.5 Å². The van der Waals surface area contributed by atoms with Gasteiger partial charge in [0.15, 0.2) is 0 Å². The van der Waals surface area contributed by atoms with Crippen LogP contribution in [0.25, 0.3) is 0 Å². The number of carbonyl (C=O) groups is 1. The first kappa shape index (κ1) is 20.1. The van der Waals surface area contributed by atoms with Crippen molar-refractivity contribution in [3.63, 3.8) is 0 Å². The maximum atomic E-state index is 12.1. The van der Waals surface area contributed by atoms with Gasteiger partial charge in [0.05, 0.1) is 0 Å². The Bertz CT molecular complexity index is 377. The number of carbonyl (C=O) groups excluding carboxylic acids is 1. The molecule has 0 heterocycles. The minimum atomic E-state index is -4.08. The largest absolute Gasteiger partial charge is 0.444 e. The van der Waals surface area contributed by atoms with Gasteiger partial charge in [-0.15, -0.1) is 0 Å². The topological polar surface area (TPSA) is 41.6 Å². The summed E-state index contributed by atoms with van der Waals surface area (Å²) >= 11 is 0. The Morgan fingerprint density at radius 2 is 1.91 bits per heavy atom. The predicted octanol–water partition coefficient (Wildman–Crippen LogP) is 4.10. The average molecular weight is 338 g/mol. The fourth-order valence-electron chi connectivity index (χ4n) is 2.27. The molecule has 0 aromatic heterocycles. The molecule has 1 aliphatic carbocycles. The number of hydrogen-bond donors (Lipinski definition) is 1. The molecule has 0 saturated heterocycles. The van der Waals surface area contributed by atoms with Gasteiger partial charge in [-0.05, 0) is 53.4 Å². The molecule has 0 aliphatic heterocycles. The van der Waals surface area contributed by atoms with Crippen molar-refractivity contribution in [2.75, 3.05) is 13.1 Å². The summed E-state index contributed by atoms with van der Waals surface area (Å²) in [7, 11) is 0. The highest BCUT2D eigenvalue weighted by Crippen LogP contribution is 2.28. The number of nitrogens with one attached hydrogen (secondary N) is 1. The second-order valence-corrected chi connectivity index (χ2v) is 7.27. The molecule has 1 aliphatic rings. The van der Waals surface area contributed by atoms with E-state index in [2.05, 4.69) is 5.32 Å². The Morgan fingerprint density at radius 3 is 2.39 bits per heavy atom. The van der Waals surface area contributed by atoms with Gasteiger partial charge in [-0.25, -0.2) is 4.79 Å². The van der Waals surface area contributed by atoms with E-state index in [1.807, 2.05) is 27.7 Å². The van der Waals surface area contributed by atoms with Crippen molar-refractivity contribution in [2.24, 2.45) is 0 Å². The summed E-state index contributed by atoms with van der Waals surface area (Å²) in [6.07, 6.45) is -2.58. The summed E-state index contributed by atoms with van der Waals surface area (Å²) in [6, 6.07) is 0.240. The van der Waals surface area contributed by atoms with E-state index < -0.39 is 18.2 Å². The molecule has 0 bridgehead atoms. The number of hydrogen-bond acceptors (Lipinski definition) is 3. The molecule has 1 rings (SSSR count). The molecule has 0 aromatic carbocycles. The third-order valence-corrected chi connectivity index (χ3v) is 3.56. The molecular weight excluding hydrogens is 309 g/mol. The van der Waals surface area contributed by atoms with Crippen LogP contribution < -0.4 is 5.32 Å². The van der Waals surface area contributed by atoms with E-state index in [-0.39, 0.29) is 24.6 Å². The molecule has 4 nitrogen and oxygen atoms in total. The fourth-order valence-corrected chi connectivity index (χ4v) is 2.27. The Kier molecular flexibility index (Phi) is 7.17. The maximum absolute atomic E-state index is 12.1. The standard InChI is InChI=1S/C16H29F3N2O2/c1-12(6-5-9-16(17,18)19)20-10-11-21(13-7-8-13)14(22)23-15(2,3)4/h12-13,20H,5-11H2,1-4H3. The Balaban J connectivity index is 2.26. The first-order valence-corrected chi connectivity index (χ1v) is 8.28. The van der Waals surface area contributed by atoms with Crippen LogP contribution >= 0.6 is 0 Å². The van der Waals surface area contributed by atoms with Gasteiger partial charge in [0.2, 0.25) is 0 Å². The third kappa shape index (κ3) is 9.69. The van der Waals surface area contributed by atoms with Gasteiger partial charge in [0.25, 0.3) is 0 Å². The molecule has 1 amide bonds. The minimum Gasteiger partial charge on any atom is -0.444 e. The maximum Gasteiger partial charge on any atom is 0.410 e. The molecule has 1 unspecified atom stereocenters. The quantitative estimate of drug-likeness (QED) is 0.724. The van der Waals surface area contributed by atoms with Crippen LogP contribution in [0.3, 0.4) is 0 Å². The van der Waals surface area contributed by atoms with E-state index >= 15 is 0 Å². The van der Waals surface area contributed by atoms with Crippen LogP contribution in [0, 0.1) is 0 Å². The van der Waals surface area contributed by atoms with Gasteiger partial charge in [-0.3, -0.25) is 0 Å². The van der Waals surface area contributed by atoms with Crippen LogP contribution in [0.2, 0.25) is 0 Å². The minimum absolute atomic E-state index is 0.00274. The molecule has 0 radical (unpaired) electrons. The normalized spacial score (nSPS) is 17.0. The molecular formula is C16H29F3N2O2. The fraction of sp³-hybridized carbons (Fsp3) is 0.938. The Hall–Kier alpha value is -0.980. The van der Waals surface area contributed by atoms with E-state index in [9.17, 15) is 18.0 Å². The van der Waals surface area contributed by atoms with Crippen molar-refractivity contribution < 1.29 is 22.7 Å². The smallest absolute Gasteiger partial charge is 0.410 e. The monoisotopic (exact) mass is 338 g/mol. The molecule has 1 saturated carbocycles. The van der Waals surface area contributed by atoms with Crippen LogP contribution in [0.15, 0.2) is 0 Å². The van der Waals surface area contributed by atoms with Gasteiger partial charge in [-0.1, -0.05) is 0 Å². The number of nitrogens with zero attached hydrogens (tertiary/aromatic N) is 1. The summed E-state index contributed by atoms with van der Waals surface area (Å²) in [5.41, 5.74) is -0.525. The highest BCUT2D eigenvalue weighted by molar-refractivity contribution is 5.69. The zero-order valence-electron chi connectivity index (χ0n) is 14.5. The lowest BCUT2D eigenvalue weighted by atomic mass is 10.1. The third-order valence-electron chi connectivity index (χ3n) is 3.56. The van der Waals surface area contributed by atoms with Gasteiger partial charge in [-0.2, -0.15) is 13.2 Å². The molecule has 0 spiro atoms. The number of rotatable bonds is 8. The predicted molar refractivity (Wildman–Crippen MR) is 83.3 cm³/mol. The Labute approximate surface area is 136 Å². The molecule has 1 atom stereocenters. The molecule has 136 valence electrons. The van der Waals surface area contributed by atoms with E-state index in [1.165, 1.54) is 0 Å². The lowest BCUT2D eigenvalue weighted by Crippen LogP contribution is -2.43. The Morgan fingerprint density at radius 1 is 1.30 bits per heavy atom. The van der Waals surface area contributed by atoms with Crippen LogP contribution in [0.1, 0.15) is 59.8 Å². The molecule has 0 aromatic rings. The summed E-state index contributed by atoms with van der Waals surface area (Å²) < 4.78 is 41.7. The first-order chi connectivity index (χ1) is 10.5. The zero-order chi connectivity index (χ0) is 17.7. The van der Waals surface area contributed by atoms with Crippen molar-refractivity contribution in [3.8, 4) is 0 Å². The van der Waals surface area contributed by atoms with Crippen molar-refractivity contribution in [3.05, 3.63) is 0 Å². The SMILES string of the molecule is CC(CCCC(F)(F)F)NCCN(C(=O)OC(C)(C)C)C1CC1. The summed E-state index contributed by atoms with van der Waals surface area (Å²) in [4.78, 5) is 13.9. The molecule has 1 fully saturated rings. The van der Waals surface area contributed by atoms with Gasteiger partial charge >= 0.3 is 12.3 Å². The van der Waals surface area contributed by atoms with Crippen LogP contribution in [0.5, 0.6) is 0 Å². The van der Waals surface area contributed by atoms with Crippen LogP contribution in [-0.4, -0.2) is 47.9 Å². The highest BCUT2D eigenvalue weighted by atomic mass is 19.4. The first-order valence-electron chi connectivity index (χ1n) is 8.28. The average Bonchev–Trinajstić information content (AvgIpc) is 3.14. The lowest BCUT2D eigenvalue weighted by Gasteiger charge is -2.28. The van der Waals surface area contributed by atoms with Crippen LogP contribution in [0.4, 0.5) is 18.0 Å². The number of amides is 1. The summed E-state index contributed by atoms with van der Waals surface area (Å²) in [5.74, 6) is 0. The number of halogens is 3. The summed E-state index contributed by atoms with van der Waals surface area (Å²) in [6.45, 7) is 8.43.